The highest BCUT2D eigenvalue weighted by Crippen LogP contribution is 2.34. The summed E-state index contributed by atoms with van der Waals surface area (Å²) >= 11 is 0. The predicted octanol–water partition coefficient (Wildman–Crippen LogP) is 10.2. The first-order valence-electron chi connectivity index (χ1n) is 23.1. The average Bonchev–Trinajstić information content (AvgIpc) is 4.00. The van der Waals surface area contributed by atoms with Gasteiger partial charge in [-0.05, 0) is 97.8 Å². The van der Waals surface area contributed by atoms with Crippen LogP contribution in [0.15, 0.2) is 119 Å². The second kappa shape index (κ2) is 20.7. The van der Waals surface area contributed by atoms with Crippen molar-refractivity contribution >= 4 is 72.3 Å². The van der Waals surface area contributed by atoms with E-state index in [-0.39, 0.29) is 30.7 Å². The van der Waals surface area contributed by atoms with Gasteiger partial charge in [-0.1, -0.05) is 7.43 Å². The van der Waals surface area contributed by atoms with Crippen LogP contribution in [-0.4, -0.2) is 105 Å². The summed E-state index contributed by atoms with van der Waals surface area (Å²) in [5.41, 5.74) is 6.80. The number of rotatable bonds is 5. The van der Waals surface area contributed by atoms with E-state index in [4.69, 9.17) is 8.83 Å². The van der Waals surface area contributed by atoms with Crippen LogP contribution < -0.4 is 24.9 Å². The van der Waals surface area contributed by atoms with Crippen molar-refractivity contribution in [3.63, 3.8) is 0 Å². The number of carbonyl (C=O) groups excluding carboxylic acids is 1. The zero-order chi connectivity index (χ0) is 45.9. The van der Waals surface area contributed by atoms with Crippen molar-refractivity contribution in [3.8, 4) is 0 Å². The molecule has 4 fully saturated rings. The smallest absolute Gasteiger partial charge is 0.136 e. The van der Waals surface area contributed by atoms with Gasteiger partial charge in [0.1, 0.15) is 52.7 Å². The van der Waals surface area contributed by atoms with Crippen molar-refractivity contribution in [1.29, 1.82) is 0 Å². The Kier molecular flexibility index (Phi) is 14.1. The normalized spacial score (nSPS) is 17.3. The molecule has 0 spiro atoms. The first-order valence-corrected chi connectivity index (χ1v) is 23.1. The highest BCUT2D eigenvalue weighted by molar-refractivity contribution is 5.94. The lowest BCUT2D eigenvalue weighted by Crippen LogP contribution is -2.53. The summed E-state index contributed by atoms with van der Waals surface area (Å²) in [5.74, 6) is -0.631. The number of benzene rings is 4. The lowest BCUT2D eigenvalue weighted by molar-refractivity contribution is -0.119. The second-order valence-corrected chi connectivity index (χ2v) is 17.5. The SMILES string of the molecule is C.Fc1ccc2occ(N3CCN(C4CCN(c5ccc(F)c6cccnc56)CC4)CC3)c2c1.Fc1ccc2occ(N3CCNCC3)c2c1.O=C1CCN(c2ccc(F)c3cccnc23)CC1. The van der Waals surface area contributed by atoms with Gasteiger partial charge in [0.05, 0.1) is 33.8 Å². The summed E-state index contributed by atoms with van der Waals surface area (Å²) in [6, 6.07) is 23.5. The minimum absolute atomic E-state index is 0. The fourth-order valence-electron chi connectivity index (χ4n) is 9.92. The van der Waals surface area contributed by atoms with E-state index in [0.29, 0.717) is 54.0 Å². The summed E-state index contributed by atoms with van der Waals surface area (Å²) < 4.78 is 65.9. The van der Waals surface area contributed by atoms with Crippen molar-refractivity contribution in [3.05, 3.63) is 133 Å². The maximum atomic E-state index is 14.2. The van der Waals surface area contributed by atoms with E-state index in [2.05, 4.69) is 39.8 Å². The van der Waals surface area contributed by atoms with Crippen molar-refractivity contribution < 1.29 is 31.2 Å². The summed E-state index contributed by atoms with van der Waals surface area (Å²) in [7, 11) is 0. The van der Waals surface area contributed by atoms with Gasteiger partial charge in [0, 0.05) is 131 Å². The largest absolute Gasteiger partial charge is 0.462 e. The average molecular weight is 929 g/mol. The third-order valence-corrected chi connectivity index (χ3v) is 13.5. The number of carbonyl (C=O) groups is 1. The predicted molar refractivity (Wildman–Crippen MR) is 263 cm³/mol. The fourth-order valence-corrected chi connectivity index (χ4v) is 9.92. The second-order valence-electron chi connectivity index (χ2n) is 17.5. The molecule has 11 nitrogen and oxygen atoms in total. The maximum absolute atomic E-state index is 14.2. The van der Waals surface area contributed by atoms with Crippen molar-refractivity contribution in [2.75, 3.05) is 98.1 Å². The van der Waals surface area contributed by atoms with Gasteiger partial charge >= 0.3 is 0 Å². The lowest BCUT2D eigenvalue weighted by Gasteiger charge is -2.43. The summed E-state index contributed by atoms with van der Waals surface area (Å²) in [5, 5.41) is 6.11. The topological polar surface area (TPSA) is 97.4 Å². The molecule has 8 aromatic rings. The van der Waals surface area contributed by atoms with Crippen molar-refractivity contribution in [1.82, 2.24) is 20.2 Å². The number of hydrogen-bond donors (Lipinski definition) is 1. The Morgan fingerprint density at radius 2 is 0.985 bits per heavy atom. The number of ketones is 1. The number of fused-ring (bicyclic) bond motifs is 4. The standard InChI is InChI=1S/C26H26F2N4O.C14H13FN2O.C12H13FN2O.CH4/c27-18-3-6-25-21(16-18)24(17-33-25)32-14-12-30(13-15-32)19-7-10-31(11-8-19)23-5-4-22(28)20-2-1-9-29-26(20)23;15-12-3-4-13(14-11(12)2-1-7-16-14)17-8-5-10(18)6-9-17;13-9-1-2-12-10(7-9)11(8-16-12)15-5-3-14-4-6-15;/h1-6,9,16-17,19H,7-8,10-15H2;1-4,7H,5-6,8-9H2;1-2,7-8,14H,3-6H2;1H4. The number of aromatic nitrogens is 2. The van der Waals surface area contributed by atoms with Crippen LogP contribution in [0.4, 0.5) is 40.3 Å². The van der Waals surface area contributed by atoms with Crippen LogP contribution in [0, 0.1) is 23.3 Å². The molecule has 8 heterocycles. The van der Waals surface area contributed by atoms with Crippen LogP contribution >= 0.6 is 0 Å². The van der Waals surface area contributed by atoms with E-state index < -0.39 is 0 Å². The Hall–Kier alpha value is -6.71. The highest BCUT2D eigenvalue weighted by Gasteiger charge is 2.30. The fraction of sp³-hybridized carbons (Fsp3) is 0.340. The molecule has 1 N–H and O–H groups in total. The van der Waals surface area contributed by atoms with Crippen LogP contribution in [0.5, 0.6) is 0 Å². The lowest BCUT2D eigenvalue weighted by atomic mass is 10.0. The molecule has 354 valence electrons. The van der Waals surface area contributed by atoms with Crippen LogP contribution in [0.3, 0.4) is 0 Å². The number of furan rings is 2. The molecular formula is C53H56F4N8O3. The van der Waals surface area contributed by atoms with E-state index in [1.54, 1.807) is 79.5 Å². The number of nitrogens with one attached hydrogen (secondary N) is 1. The third kappa shape index (κ3) is 9.81. The molecule has 12 rings (SSSR count). The Bertz CT molecular complexity index is 3000. The molecule has 0 atom stereocenters. The molecule has 4 aromatic heterocycles. The van der Waals surface area contributed by atoms with Crippen molar-refractivity contribution in [2.45, 2.75) is 39.2 Å². The van der Waals surface area contributed by atoms with Gasteiger partial charge in [-0.3, -0.25) is 19.7 Å². The molecule has 0 aliphatic carbocycles. The van der Waals surface area contributed by atoms with Gasteiger partial charge in [0.2, 0.25) is 0 Å². The monoisotopic (exact) mass is 928 g/mol. The number of piperidine rings is 2. The molecule has 0 saturated carbocycles. The molecule has 0 bridgehead atoms. The zero-order valence-electron chi connectivity index (χ0n) is 37.2. The summed E-state index contributed by atoms with van der Waals surface area (Å²) in [6.45, 7) is 10.8. The van der Waals surface area contributed by atoms with Gasteiger partial charge < -0.3 is 33.8 Å². The number of hydrogen-bond acceptors (Lipinski definition) is 11. The zero-order valence-corrected chi connectivity index (χ0v) is 37.2. The van der Waals surface area contributed by atoms with E-state index in [9.17, 15) is 22.4 Å². The van der Waals surface area contributed by atoms with Gasteiger partial charge in [-0.2, -0.15) is 0 Å². The molecule has 0 amide bonds. The molecule has 4 aliphatic heterocycles. The Morgan fingerprint density at radius 1 is 0.515 bits per heavy atom. The van der Waals surface area contributed by atoms with Gasteiger partial charge in [-0.25, -0.2) is 17.6 Å². The maximum Gasteiger partial charge on any atom is 0.136 e. The third-order valence-electron chi connectivity index (χ3n) is 13.5. The van der Waals surface area contributed by atoms with Gasteiger partial charge in [0.15, 0.2) is 0 Å². The number of nitrogens with zero attached hydrogens (tertiary/aromatic N) is 7. The number of piperazine rings is 2. The molecular weight excluding hydrogens is 873 g/mol. The number of pyridine rings is 2. The minimum Gasteiger partial charge on any atom is -0.462 e. The van der Waals surface area contributed by atoms with Gasteiger partial charge in [0.25, 0.3) is 0 Å². The molecule has 4 saturated heterocycles. The van der Waals surface area contributed by atoms with E-state index in [1.165, 1.54) is 24.3 Å². The van der Waals surface area contributed by atoms with E-state index in [1.807, 2.05) is 6.07 Å². The van der Waals surface area contributed by atoms with Gasteiger partial charge in [-0.15, -0.1) is 0 Å². The Balaban J connectivity index is 0.000000139. The molecule has 0 unspecified atom stereocenters. The summed E-state index contributed by atoms with van der Waals surface area (Å²) in [6.07, 6.45) is 10.1. The van der Waals surface area contributed by atoms with E-state index in [0.717, 1.165) is 128 Å². The molecule has 4 aliphatic rings. The van der Waals surface area contributed by atoms with Crippen LogP contribution in [0.2, 0.25) is 0 Å². The molecule has 68 heavy (non-hydrogen) atoms. The highest BCUT2D eigenvalue weighted by atomic mass is 19.1. The number of Topliss-reactive ketones (excluding diaryl/α,β-unsaturated/α-hetero) is 1. The first-order chi connectivity index (χ1) is 32.8. The van der Waals surface area contributed by atoms with Crippen molar-refractivity contribution in [2.24, 2.45) is 0 Å². The van der Waals surface area contributed by atoms with Crippen LogP contribution in [-0.2, 0) is 4.79 Å². The quantitative estimate of drug-likeness (QED) is 0.167. The molecule has 0 radical (unpaired) electrons. The van der Waals surface area contributed by atoms with Crippen LogP contribution in [0.25, 0.3) is 43.7 Å². The Morgan fingerprint density at radius 3 is 1.50 bits per heavy atom. The minimum atomic E-state index is -0.255. The summed E-state index contributed by atoms with van der Waals surface area (Å²) in [4.78, 5) is 31.5. The van der Waals surface area contributed by atoms with E-state index >= 15 is 0 Å². The number of halogens is 4. The molecule has 4 aromatic carbocycles. The molecule has 15 heteroatoms. The number of anilines is 4. The van der Waals surface area contributed by atoms with Crippen LogP contribution in [0.1, 0.15) is 33.1 Å². The first kappa shape index (κ1) is 46.4. The Labute approximate surface area is 392 Å².